The lowest BCUT2D eigenvalue weighted by atomic mass is 9.73. The zero-order chi connectivity index (χ0) is 36.7. The topological polar surface area (TPSA) is 32.8 Å². The van der Waals surface area contributed by atoms with E-state index >= 15 is 0 Å². The molecule has 1 amide bonds. The van der Waals surface area contributed by atoms with Gasteiger partial charge in [0.05, 0.1) is 27.4 Å². The Morgan fingerprint density at radius 2 is 1.31 bits per heavy atom. The van der Waals surface area contributed by atoms with Crippen molar-refractivity contribution in [2.75, 3.05) is 25.0 Å². The van der Waals surface area contributed by atoms with E-state index in [0.29, 0.717) is 16.0 Å². The number of piperidine rings is 1. The summed E-state index contributed by atoms with van der Waals surface area (Å²) in [4.78, 5) is 16.7. The predicted molar refractivity (Wildman–Crippen MR) is 217 cm³/mol. The minimum atomic E-state index is -0.430. The second kappa shape index (κ2) is 17.2. The number of hydrogen-bond acceptors (Lipinski definition) is 3. The highest BCUT2D eigenvalue weighted by Crippen LogP contribution is 2.47. The van der Waals surface area contributed by atoms with Gasteiger partial charge in [0.2, 0.25) is 5.91 Å². The molecule has 4 nitrogen and oxygen atoms in total. The van der Waals surface area contributed by atoms with E-state index in [1.54, 1.807) is 11.8 Å². The maximum atomic E-state index is 12.3. The highest BCUT2D eigenvalue weighted by molar-refractivity contribution is 6.42. The van der Waals surface area contributed by atoms with Crippen molar-refractivity contribution >= 4 is 34.8 Å². The molecule has 0 spiro atoms. The first kappa shape index (κ1) is 37.7. The molecule has 1 saturated heterocycles. The number of hydrogen-bond donors (Lipinski definition) is 0. The summed E-state index contributed by atoms with van der Waals surface area (Å²) in [5.41, 5.74) is 7.85. The van der Waals surface area contributed by atoms with E-state index in [4.69, 9.17) is 27.9 Å². The van der Waals surface area contributed by atoms with Crippen LogP contribution in [0, 0.1) is 0 Å². The lowest BCUT2D eigenvalue weighted by Crippen LogP contribution is -2.51. The number of rotatable bonds is 13. The number of likely N-dealkylation sites (tertiary alicyclic amines) is 1. The van der Waals surface area contributed by atoms with Gasteiger partial charge in [0, 0.05) is 32.6 Å². The predicted octanol–water partition coefficient (Wildman–Crippen LogP) is 11.5. The van der Waals surface area contributed by atoms with Gasteiger partial charge in [0.1, 0.15) is 5.75 Å². The summed E-state index contributed by atoms with van der Waals surface area (Å²) in [5, 5.41) is 1.31. The fourth-order valence-corrected chi connectivity index (χ4v) is 8.63. The molecule has 5 aromatic carbocycles. The van der Waals surface area contributed by atoms with Crippen LogP contribution in [0.1, 0.15) is 85.8 Å². The van der Waals surface area contributed by atoms with Crippen LogP contribution in [0.5, 0.6) is 5.75 Å². The Labute approximate surface area is 320 Å². The van der Waals surface area contributed by atoms with Crippen LogP contribution in [-0.2, 0) is 23.2 Å². The molecule has 0 atom stereocenters. The van der Waals surface area contributed by atoms with Gasteiger partial charge in [-0.2, -0.15) is 0 Å². The molecule has 0 radical (unpaired) electrons. The fourth-order valence-electron chi connectivity index (χ4n) is 8.13. The molecule has 0 aromatic heterocycles. The summed E-state index contributed by atoms with van der Waals surface area (Å²) in [7, 11) is 1.83. The molecule has 0 aliphatic carbocycles. The lowest BCUT2D eigenvalue weighted by molar-refractivity contribution is -0.116. The normalized spacial score (nSPS) is 14.1. The Balaban J connectivity index is 1.24. The van der Waals surface area contributed by atoms with Crippen molar-refractivity contribution in [1.29, 1.82) is 0 Å². The summed E-state index contributed by atoms with van der Waals surface area (Å²) >= 11 is 13.8. The first-order valence-electron chi connectivity index (χ1n) is 18.6. The third kappa shape index (κ3) is 7.95. The molecule has 0 bridgehead atoms. The lowest BCUT2D eigenvalue weighted by Gasteiger charge is -2.48. The van der Waals surface area contributed by atoms with Crippen LogP contribution in [0.3, 0.4) is 0 Å². The number of nitrogens with zero attached hydrogens (tertiary/aromatic N) is 2. The van der Waals surface area contributed by atoms with Crippen molar-refractivity contribution in [3.63, 3.8) is 0 Å². The van der Waals surface area contributed by atoms with Crippen molar-refractivity contribution in [3.8, 4) is 5.75 Å². The second-order valence-electron chi connectivity index (χ2n) is 14.2. The monoisotopic (exact) mass is 732 g/mol. The van der Waals surface area contributed by atoms with Gasteiger partial charge in [-0.25, -0.2) is 0 Å². The zero-order valence-electron chi connectivity index (χ0n) is 30.8. The molecule has 1 heterocycles. The third-order valence-electron chi connectivity index (χ3n) is 10.6. The van der Waals surface area contributed by atoms with Crippen molar-refractivity contribution < 1.29 is 9.53 Å². The minimum absolute atomic E-state index is 0.00277. The molecule has 0 unspecified atom stereocenters. The molecule has 6 rings (SSSR count). The van der Waals surface area contributed by atoms with Gasteiger partial charge in [0.15, 0.2) is 0 Å². The molecule has 1 fully saturated rings. The van der Waals surface area contributed by atoms with E-state index in [1.807, 2.05) is 45.2 Å². The number of carbonyl (C=O) groups is 1. The van der Waals surface area contributed by atoms with Crippen molar-refractivity contribution in [2.45, 2.75) is 76.9 Å². The summed E-state index contributed by atoms with van der Waals surface area (Å²) in [6.45, 7) is 7.48. The maximum absolute atomic E-state index is 12.3. The maximum Gasteiger partial charge on any atom is 0.223 e. The summed E-state index contributed by atoms with van der Waals surface area (Å²) in [5.74, 6) is 1.15. The van der Waals surface area contributed by atoms with Crippen LogP contribution < -0.4 is 9.64 Å². The van der Waals surface area contributed by atoms with E-state index in [-0.39, 0.29) is 12.0 Å². The van der Waals surface area contributed by atoms with Crippen LogP contribution in [0.15, 0.2) is 121 Å². The third-order valence-corrected chi connectivity index (χ3v) is 11.4. The van der Waals surface area contributed by atoms with Gasteiger partial charge in [-0.15, -0.1) is 0 Å². The molecule has 1 aliphatic heterocycles. The van der Waals surface area contributed by atoms with Crippen LogP contribution in [0.25, 0.3) is 0 Å². The number of anilines is 1. The van der Waals surface area contributed by atoms with Crippen LogP contribution in [0.2, 0.25) is 10.0 Å². The highest BCUT2D eigenvalue weighted by Gasteiger charge is 2.43. The van der Waals surface area contributed by atoms with Crippen molar-refractivity contribution in [1.82, 2.24) is 4.90 Å². The van der Waals surface area contributed by atoms with Gasteiger partial charge < -0.3 is 9.64 Å². The Kier molecular flexibility index (Phi) is 12.4. The molecule has 52 heavy (non-hydrogen) atoms. The Morgan fingerprint density at radius 3 is 1.83 bits per heavy atom. The van der Waals surface area contributed by atoms with E-state index in [2.05, 4.69) is 102 Å². The average molecular weight is 734 g/mol. The molecule has 1 aliphatic rings. The number of ether oxygens (including phenoxy) is 1. The van der Waals surface area contributed by atoms with Gasteiger partial charge >= 0.3 is 0 Å². The number of aryl methyl sites for hydroxylation is 1. The van der Waals surface area contributed by atoms with Crippen molar-refractivity contribution in [2.24, 2.45) is 0 Å². The summed E-state index contributed by atoms with van der Waals surface area (Å²) in [6, 6.07) is 43.0. The van der Waals surface area contributed by atoms with E-state index in [0.717, 1.165) is 68.6 Å². The standard InChI is InChI=1S/C46H50Cl2N2O2/c1-33(2)52-43-26-16-25-42(49(4)34(3)51)40(43)24-15-14-17-35-27-28-41(47)45(48)44(35)36-29-31-50(32-30-36)46(37-18-8-5-9-19-37,38-20-10-6-11-21-38)39-22-12-7-13-23-39/h5-13,16,18-23,25-28,33,36H,14-15,17,24,29-32H2,1-4H3. The Morgan fingerprint density at radius 1 is 0.769 bits per heavy atom. The molecule has 0 N–H and O–H groups in total. The Bertz CT molecular complexity index is 1830. The minimum Gasteiger partial charge on any atom is -0.491 e. The van der Waals surface area contributed by atoms with Gasteiger partial charge in [-0.1, -0.05) is 126 Å². The summed E-state index contributed by atoms with van der Waals surface area (Å²) < 4.78 is 6.20. The smallest absolute Gasteiger partial charge is 0.223 e. The first-order chi connectivity index (χ1) is 25.2. The largest absolute Gasteiger partial charge is 0.491 e. The molecule has 270 valence electrons. The van der Waals surface area contributed by atoms with E-state index < -0.39 is 5.54 Å². The zero-order valence-corrected chi connectivity index (χ0v) is 32.3. The number of unbranched alkanes of at least 4 members (excludes halogenated alkanes) is 1. The number of benzene rings is 5. The van der Waals surface area contributed by atoms with E-state index in [9.17, 15) is 4.79 Å². The number of carbonyl (C=O) groups excluding carboxylic acids is 1. The van der Waals surface area contributed by atoms with Gasteiger partial charge in [0.25, 0.3) is 0 Å². The van der Waals surface area contributed by atoms with Gasteiger partial charge in [-0.3, -0.25) is 9.69 Å². The van der Waals surface area contributed by atoms with E-state index in [1.165, 1.54) is 27.8 Å². The fraction of sp³-hybridized carbons (Fsp3) is 0.326. The quantitative estimate of drug-likeness (QED) is 0.0892. The average Bonchev–Trinajstić information content (AvgIpc) is 3.16. The SMILES string of the molecule is CC(=O)N(C)c1cccc(OC(C)C)c1CCCCc1ccc(Cl)c(Cl)c1C1CCN(C(c2ccccc2)(c2ccccc2)c2ccccc2)CC1. The first-order valence-corrected chi connectivity index (χ1v) is 19.4. The molecule has 0 saturated carbocycles. The molecular formula is C46H50Cl2N2O2. The van der Waals surface area contributed by atoms with Gasteiger partial charge in [-0.05, 0) is 104 Å². The molecule has 6 heteroatoms. The molecule has 5 aromatic rings. The Hall–Kier alpha value is -4.09. The summed E-state index contributed by atoms with van der Waals surface area (Å²) in [6.07, 6.45) is 5.63. The number of amides is 1. The van der Waals surface area contributed by atoms with Crippen LogP contribution >= 0.6 is 23.2 Å². The highest BCUT2D eigenvalue weighted by atomic mass is 35.5. The second-order valence-corrected chi connectivity index (χ2v) is 15.0. The van der Waals surface area contributed by atoms with Crippen LogP contribution in [-0.4, -0.2) is 37.0 Å². The number of halogens is 2. The molecular weight excluding hydrogens is 683 g/mol. The van der Waals surface area contributed by atoms with Crippen molar-refractivity contribution in [3.05, 3.63) is 165 Å². The van der Waals surface area contributed by atoms with Crippen LogP contribution in [0.4, 0.5) is 5.69 Å².